The molecule has 0 amide bonds. The Morgan fingerprint density at radius 3 is 0.619 bits per heavy atom. The Morgan fingerprint density at radius 2 is 0.452 bits per heavy atom. The van der Waals surface area contributed by atoms with Crippen molar-refractivity contribution in [2.45, 2.75) is 124 Å². The first-order valence-corrected chi connectivity index (χ1v) is 17.0. The fourth-order valence-electron chi connectivity index (χ4n) is 6.98. The monoisotopic (exact) mass is 595 g/mol. The zero-order valence-electron chi connectivity index (χ0n) is 33.4. The third kappa shape index (κ3) is 11.0. The normalized spacial score (nSPS) is 15.6. The number of hydrogen-bond donors (Lipinski definition) is 0. The van der Waals surface area contributed by atoms with Gasteiger partial charge in [0, 0.05) is 45.8 Å². The van der Waals surface area contributed by atoms with Crippen LogP contribution in [0.1, 0.15) is 124 Å². The first-order chi connectivity index (χ1) is 18.3. The van der Waals surface area contributed by atoms with Crippen molar-refractivity contribution in [2.75, 3.05) is 81.1 Å². The van der Waals surface area contributed by atoms with E-state index in [1.54, 1.807) is 0 Å². The van der Waals surface area contributed by atoms with Crippen molar-refractivity contribution >= 4 is 0 Å². The van der Waals surface area contributed by atoms with E-state index in [1.807, 2.05) is 0 Å². The zero-order valence-corrected chi connectivity index (χ0v) is 33.4. The molecule has 0 fully saturated rings. The summed E-state index contributed by atoms with van der Waals surface area (Å²) in [5.41, 5.74) is 1.76. The van der Waals surface area contributed by atoms with Crippen molar-refractivity contribution in [3.05, 3.63) is 0 Å². The van der Waals surface area contributed by atoms with Gasteiger partial charge < -0.3 is 19.6 Å². The number of rotatable bonds is 19. The van der Waals surface area contributed by atoms with E-state index in [4.69, 9.17) is 0 Å². The largest absolute Gasteiger partial charge is 0.309 e. The van der Waals surface area contributed by atoms with E-state index in [0.29, 0.717) is 5.41 Å². The second-order valence-electron chi connectivity index (χ2n) is 20.2. The molecule has 0 saturated carbocycles. The molecule has 0 bridgehead atoms. The summed E-state index contributed by atoms with van der Waals surface area (Å²) in [5, 5.41) is 0. The number of hydrogen-bond acceptors (Lipinski definition) is 4. The predicted molar refractivity (Wildman–Crippen MR) is 192 cm³/mol. The fraction of sp³-hybridized carbons (Fsp3) is 1.00. The standard InChI is InChI=1S/C38H82N4/c1-23-31(2,3)33(6,7)25-40(20)27-35(10,11)37(14,15)29-42(22)30-38(16,17)36(12,13)28-41(21)26-34(8,9)32(4,5)24-39(18)19/h23-30H2,1-22H3. The van der Waals surface area contributed by atoms with Gasteiger partial charge in [0.25, 0.3) is 0 Å². The van der Waals surface area contributed by atoms with Crippen molar-refractivity contribution < 1.29 is 0 Å². The molecule has 0 aromatic heterocycles. The lowest BCUT2D eigenvalue weighted by Gasteiger charge is -2.51. The molecular weight excluding hydrogens is 512 g/mol. The molecule has 0 heterocycles. The average molecular weight is 595 g/mol. The molecule has 0 rings (SSSR count). The first kappa shape index (κ1) is 41.8. The van der Waals surface area contributed by atoms with Gasteiger partial charge in [-0.25, -0.2) is 0 Å². The third-order valence-corrected chi connectivity index (χ3v) is 12.9. The number of nitrogens with zero attached hydrogens (tertiary/aromatic N) is 4. The smallest absolute Gasteiger partial charge is 0.00355 e. The Kier molecular flexibility index (Phi) is 14.0. The Balaban J connectivity index is 5.47. The van der Waals surface area contributed by atoms with Crippen LogP contribution in [-0.4, -0.2) is 101 Å². The van der Waals surface area contributed by atoms with E-state index in [9.17, 15) is 0 Å². The quantitative estimate of drug-likeness (QED) is 0.148. The van der Waals surface area contributed by atoms with Crippen LogP contribution in [0.5, 0.6) is 0 Å². The molecule has 0 spiro atoms. The molecular formula is C38H82N4. The highest BCUT2D eigenvalue weighted by molar-refractivity contribution is 4.96. The first-order valence-electron chi connectivity index (χ1n) is 17.0. The molecule has 0 saturated heterocycles. The van der Waals surface area contributed by atoms with Gasteiger partial charge in [0.1, 0.15) is 0 Å². The molecule has 0 unspecified atom stereocenters. The molecule has 0 aromatic carbocycles. The molecule has 42 heavy (non-hydrogen) atoms. The molecule has 254 valence electrons. The lowest BCUT2D eigenvalue weighted by Crippen LogP contribution is -2.53. The summed E-state index contributed by atoms with van der Waals surface area (Å²) in [6, 6.07) is 0. The molecule has 0 aliphatic carbocycles. The van der Waals surface area contributed by atoms with Crippen molar-refractivity contribution in [2.24, 2.45) is 43.3 Å². The lowest BCUT2D eigenvalue weighted by atomic mass is 9.64. The minimum atomic E-state index is 0.173. The fourth-order valence-corrected chi connectivity index (χ4v) is 6.98. The summed E-state index contributed by atoms with van der Waals surface area (Å²) in [7, 11) is 11.4. The highest BCUT2D eigenvalue weighted by Gasteiger charge is 2.44. The van der Waals surface area contributed by atoms with Crippen molar-refractivity contribution in [3.63, 3.8) is 0 Å². The maximum absolute atomic E-state index is 2.62. The minimum Gasteiger partial charge on any atom is -0.309 e. The molecule has 4 nitrogen and oxygen atoms in total. The van der Waals surface area contributed by atoms with Gasteiger partial charge in [-0.3, -0.25) is 0 Å². The van der Waals surface area contributed by atoms with Gasteiger partial charge >= 0.3 is 0 Å². The van der Waals surface area contributed by atoms with Gasteiger partial charge in [-0.05, 0) is 78.6 Å². The maximum Gasteiger partial charge on any atom is 0.00355 e. The van der Waals surface area contributed by atoms with Crippen molar-refractivity contribution in [1.29, 1.82) is 0 Å². The van der Waals surface area contributed by atoms with E-state index in [0.717, 1.165) is 45.8 Å². The van der Waals surface area contributed by atoms with Gasteiger partial charge in [-0.1, -0.05) is 124 Å². The second-order valence-corrected chi connectivity index (χ2v) is 20.2. The van der Waals surface area contributed by atoms with Gasteiger partial charge in [0.05, 0.1) is 0 Å². The van der Waals surface area contributed by atoms with Crippen molar-refractivity contribution in [3.8, 4) is 0 Å². The maximum atomic E-state index is 2.62. The van der Waals surface area contributed by atoms with E-state index < -0.39 is 0 Å². The van der Waals surface area contributed by atoms with Crippen LogP contribution in [0.2, 0.25) is 0 Å². The van der Waals surface area contributed by atoms with E-state index in [2.05, 4.69) is 173 Å². The third-order valence-electron chi connectivity index (χ3n) is 12.9. The SMILES string of the molecule is CCC(C)(C)C(C)(C)CN(C)CC(C)(C)C(C)(C)CN(C)CC(C)(C)C(C)(C)CN(C)CC(C)(C)C(C)(C)CN(C)C. The zero-order chi connectivity index (χ0) is 34.0. The highest BCUT2D eigenvalue weighted by Crippen LogP contribution is 2.46. The van der Waals surface area contributed by atoms with Gasteiger partial charge in [0.2, 0.25) is 0 Å². The van der Waals surface area contributed by atoms with Crippen LogP contribution in [-0.2, 0) is 0 Å². The summed E-state index contributed by atoms with van der Waals surface area (Å²) in [6.45, 7) is 49.5. The van der Waals surface area contributed by atoms with Crippen LogP contribution in [0.15, 0.2) is 0 Å². The van der Waals surface area contributed by atoms with Crippen molar-refractivity contribution in [1.82, 2.24) is 19.6 Å². The Bertz CT molecular complexity index is 813. The van der Waals surface area contributed by atoms with Crippen LogP contribution >= 0.6 is 0 Å². The van der Waals surface area contributed by atoms with Crippen LogP contribution < -0.4 is 0 Å². The van der Waals surface area contributed by atoms with Crippen LogP contribution in [0.4, 0.5) is 0 Å². The van der Waals surface area contributed by atoms with E-state index in [1.165, 1.54) is 6.42 Å². The Labute approximate surface area is 267 Å². The van der Waals surface area contributed by atoms with Crippen LogP contribution in [0.3, 0.4) is 0 Å². The molecule has 0 aromatic rings. The summed E-state index contributed by atoms with van der Waals surface area (Å²) < 4.78 is 0. The molecule has 0 atom stereocenters. The van der Waals surface area contributed by atoms with Gasteiger partial charge in [-0.2, -0.15) is 0 Å². The van der Waals surface area contributed by atoms with E-state index >= 15 is 0 Å². The summed E-state index contributed by atoms with van der Waals surface area (Å²) in [5.74, 6) is 0. The minimum absolute atomic E-state index is 0.173. The van der Waals surface area contributed by atoms with Crippen LogP contribution in [0, 0.1) is 43.3 Å². The van der Waals surface area contributed by atoms with Gasteiger partial charge in [0.15, 0.2) is 0 Å². The summed E-state index contributed by atoms with van der Waals surface area (Å²) in [6.07, 6.45) is 1.21. The second kappa shape index (κ2) is 14.1. The molecule has 4 heteroatoms. The molecule has 0 N–H and O–H groups in total. The molecule has 0 aliphatic rings. The Hall–Kier alpha value is -0.160. The summed E-state index contributed by atoms with van der Waals surface area (Å²) in [4.78, 5) is 10.2. The summed E-state index contributed by atoms with van der Waals surface area (Å²) >= 11 is 0. The molecule has 0 radical (unpaired) electrons. The van der Waals surface area contributed by atoms with Crippen LogP contribution in [0.25, 0.3) is 0 Å². The van der Waals surface area contributed by atoms with Gasteiger partial charge in [-0.15, -0.1) is 0 Å². The predicted octanol–water partition coefficient (Wildman–Crippen LogP) is 8.96. The molecule has 0 aliphatic heterocycles. The van der Waals surface area contributed by atoms with E-state index in [-0.39, 0.29) is 37.9 Å². The topological polar surface area (TPSA) is 13.0 Å². The highest BCUT2D eigenvalue weighted by atomic mass is 15.1. The average Bonchev–Trinajstić information content (AvgIpc) is 2.69. The Morgan fingerprint density at radius 1 is 0.286 bits per heavy atom. The lowest BCUT2D eigenvalue weighted by molar-refractivity contribution is -0.0199.